The first-order valence-corrected chi connectivity index (χ1v) is 6.14. The van der Waals surface area contributed by atoms with Crippen molar-refractivity contribution in [2.45, 2.75) is 6.92 Å². The van der Waals surface area contributed by atoms with Gasteiger partial charge >= 0.3 is 0 Å². The fourth-order valence-electron chi connectivity index (χ4n) is 1.28. The summed E-state index contributed by atoms with van der Waals surface area (Å²) in [5.41, 5.74) is 1.15. The quantitative estimate of drug-likeness (QED) is 0.374. The van der Waals surface area contributed by atoms with Gasteiger partial charge in [-0.2, -0.15) is 0 Å². The van der Waals surface area contributed by atoms with E-state index in [1.807, 2.05) is 31.2 Å². The molecule has 104 valence electrons. The van der Waals surface area contributed by atoms with Crippen LogP contribution in [-0.4, -0.2) is 19.2 Å². The summed E-state index contributed by atoms with van der Waals surface area (Å²) in [7, 11) is 1.57. The smallest absolute Gasteiger partial charge is 0.243 e. The molecule has 0 aliphatic carbocycles. The maximum Gasteiger partial charge on any atom is 0.243 e. The molecule has 1 aromatic carbocycles. The molecular formula is C16H18N2O2. The lowest BCUT2D eigenvalue weighted by Gasteiger charge is -2.06. The Hall–Kier alpha value is -2.62. The minimum atomic E-state index is -0.205. The minimum absolute atomic E-state index is 0.205. The van der Waals surface area contributed by atoms with Crippen LogP contribution in [-0.2, 0) is 4.79 Å². The van der Waals surface area contributed by atoms with Gasteiger partial charge in [-0.15, -0.1) is 0 Å². The van der Waals surface area contributed by atoms with Gasteiger partial charge < -0.3 is 10.1 Å². The molecule has 1 rings (SSSR count). The highest BCUT2D eigenvalue weighted by Gasteiger charge is 1.98. The van der Waals surface area contributed by atoms with Crippen molar-refractivity contribution in [1.82, 2.24) is 5.32 Å². The molecule has 1 amide bonds. The van der Waals surface area contributed by atoms with Gasteiger partial charge in [0.15, 0.2) is 0 Å². The second kappa shape index (κ2) is 8.48. The number of carbonyl (C=O) groups is 1. The third-order valence-electron chi connectivity index (χ3n) is 2.33. The maximum atomic E-state index is 11.2. The topological polar surface area (TPSA) is 50.7 Å². The second-order valence-corrected chi connectivity index (χ2v) is 3.91. The number of hydrogen-bond acceptors (Lipinski definition) is 3. The lowest BCUT2D eigenvalue weighted by molar-refractivity contribution is -0.116. The van der Waals surface area contributed by atoms with Crippen molar-refractivity contribution in [2.24, 2.45) is 4.99 Å². The summed E-state index contributed by atoms with van der Waals surface area (Å²) in [4.78, 5) is 15.1. The first kappa shape index (κ1) is 15.4. The summed E-state index contributed by atoms with van der Waals surface area (Å²) in [6.07, 6.45) is 7.59. The SMILES string of the molecule is C=C/N=C/C=C(\C=C\C(=O)NC)Oc1ccc(C)cc1. The van der Waals surface area contributed by atoms with Gasteiger partial charge in [0.05, 0.1) is 0 Å². The first-order valence-electron chi connectivity index (χ1n) is 6.14. The molecule has 0 atom stereocenters. The van der Waals surface area contributed by atoms with Crippen molar-refractivity contribution in [3.05, 3.63) is 66.6 Å². The van der Waals surface area contributed by atoms with Crippen molar-refractivity contribution in [3.8, 4) is 5.75 Å². The third-order valence-corrected chi connectivity index (χ3v) is 2.33. The van der Waals surface area contributed by atoms with E-state index in [1.54, 1.807) is 25.4 Å². The predicted molar refractivity (Wildman–Crippen MR) is 81.8 cm³/mol. The van der Waals surface area contributed by atoms with Crippen LogP contribution < -0.4 is 10.1 Å². The van der Waals surface area contributed by atoms with Crippen LogP contribution in [0.15, 0.2) is 66.0 Å². The Morgan fingerprint density at radius 2 is 2.00 bits per heavy atom. The zero-order valence-electron chi connectivity index (χ0n) is 11.7. The molecule has 0 saturated carbocycles. The number of nitrogens with zero attached hydrogens (tertiary/aromatic N) is 1. The molecule has 4 nitrogen and oxygen atoms in total. The van der Waals surface area contributed by atoms with Crippen molar-refractivity contribution < 1.29 is 9.53 Å². The molecule has 4 heteroatoms. The van der Waals surface area contributed by atoms with Crippen LogP contribution in [0.5, 0.6) is 5.75 Å². The van der Waals surface area contributed by atoms with Crippen LogP contribution in [0.25, 0.3) is 0 Å². The zero-order valence-corrected chi connectivity index (χ0v) is 11.7. The second-order valence-electron chi connectivity index (χ2n) is 3.91. The van der Waals surface area contributed by atoms with Gasteiger partial charge in [-0.05, 0) is 31.2 Å². The Balaban J connectivity index is 2.87. The van der Waals surface area contributed by atoms with Crippen LogP contribution in [0.3, 0.4) is 0 Å². The Bertz CT molecular complexity index is 540. The number of benzene rings is 1. The number of ether oxygens (including phenoxy) is 1. The molecule has 0 aliphatic heterocycles. The third kappa shape index (κ3) is 5.82. The van der Waals surface area contributed by atoms with Crippen molar-refractivity contribution in [3.63, 3.8) is 0 Å². The van der Waals surface area contributed by atoms with Crippen molar-refractivity contribution in [1.29, 1.82) is 0 Å². The predicted octanol–water partition coefficient (Wildman–Crippen LogP) is 2.77. The maximum absolute atomic E-state index is 11.2. The van der Waals surface area contributed by atoms with Crippen LogP contribution in [0.1, 0.15) is 5.56 Å². The Kier molecular flexibility index (Phi) is 6.54. The lowest BCUT2D eigenvalue weighted by Crippen LogP contribution is -2.14. The number of rotatable bonds is 6. The number of hydrogen-bond donors (Lipinski definition) is 1. The van der Waals surface area contributed by atoms with Crippen LogP contribution in [0.2, 0.25) is 0 Å². The van der Waals surface area contributed by atoms with E-state index in [2.05, 4.69) is 16.9 Å². The number of aliphatic imine (C=N–C) groups is 1. The first-order chi connectivity index (χ1) is 9.65. The number of amides is 1. The van der Waals surface area contributed by atoms with Gasteiger partial charge in [0.25, 0.3) is 0 Å². The molecule has 1 aromatic rings. The summed E-state index contributed by atoms with van der Waals surface area (Å²) in [5, 5.41) is 2.50. The molecule has 0 unspecified atom stereocenters. The normalized spacial score (nSPS) is 11.8. The summed E-state index contributed by atoms with van der Waals surface area (Å²) in [5.74, 6) is 0.988. The van der Waals surface area contributed by atoms with E-state index < -0.39 is 0 Å². The summed E-state index contributed by atoms with van der Waals surface area (Å²) >= 11 is 0. The number of likely N-dealkylation sites (N-methyl/N-ethyl adjacent to an activating group) is 1. The standard InChI is InChI=1S/C16H18N2O2/c1-4-18-12-11-15(9-10-16(19)17-3)20-14-7-5-13(2)6-8-14/h4-12H,1H2,2-3H3,(H,17,19)/b10-9+,15-11+,18-12+. The number of allylic oxidation sites excluding steroid dienone is 2. The monoisotopic (exact) mass is 270 g/mol. The molecular weight excluding hydrogens is 252 g/mol. The van der Waals surface area contributed by atoms with Crippen LogP contribution in [0.4, 0.5) is 0 Å². The van der Waals surface area contributed by atoms with Crippen LogP contribution in [0, 0.1) is 6.92 Å². The molecule has 0 fully saturated rings. The van der Waals surface area contributed by atoms with E-state index in [-0.39, 0.29) is 5.91 Å². The van der Waals surface area contributed by atoms with Gasteiger partial charge in [0.2, 0.25) is 5.91 Å². The van der Waals surface area contributed by atoms with E-state index in [4.69, 9.17) is 4.74 Å². The van der Waals surface area contributed by atoms with E-state index >= 15 is 0 Å². The van der Waals surface area contributed by atoms with Gasteiger partial charge in [-0.25, -0.2) is 0 Å². The molecule has 0 aliphatic rings. The summed E-state index contributed by atoms with van der Waals surface area (Å²) in [6, 6.07) is 7.63. The molecule has 0 spiro atoms. The minimum Gasteiger partial charge on any atom is -0.457 e. The van der Waals surface area contributed by atoms with Crippen molar-refractivity contribution >= 4 is 12.1 Å². The van der Waals surface area contributed by atoms with Crippen molar-refractivity contribution in [2.75, 3.05) is 7.05 Å². The Morgan fingerprint density at radius 3 is 2.60 bits per heavy atom. The lowest BCUT2D eigenvalue weighted by atomic mass is 10.2. The Labute approximate surface area is 119 Å². The largest absolute Gasteiger partial charge is 0.457 e. The molecule has 0 heterocycles. The van der Waals surface area contributed by atoms with Gasteiger partial charge in [-0.1, -0.05) is 24.3 Å². The number of aryl methyl sites for hydroxylation is 1. The van der Waals surface area contributed by atoms with Gasteiger partial charge in [-0.3, -0.25) is 9.79 Å². The average Bonchev–Trinajstić information content (AvgIpc) is 2.46. The van der Waals surface area contributed by atoms with E-state index in [0.29, 0.717) is 11.5 Å². The zero-order chi connectivity index (χ0) is 14.8. The molecule has 0 bridgehead atoms. The van der Waals surface area contributed by atoms with E-state index in [0.717, 1.165) is 5.56 Å². The van der Waals surface area contributed by atoms with E-state index in [1.165, 1.54) is 12.3 Å². The fraction of sp³-hybridized carbons (Fsp3) is 0.125. The average molecular weight is 270 g/mol. The highest BCUT2D eigenvalue weighted by Crippen LogP contribution is 2.15. The Morgan fingerprint density at radius 1 is 1.30 bits per heavy atom. The molecule has 0 radical (unpaired) electrons. The number of carbonyl (C=O) groups excluding carboxylic acids is 1. The number of nitrogens with one attached hydrogen (secondary N) is 1. The summed E-state index contributed by atoms with van der Waals surface area (Å²) < 4.78 is 5.68. The summed E-state index contributed by atoms with van der Waals surface area (Å²) in [6.45, 7) is 5.49. The highest BCUT2D eigenvalue weighted by molar-refractivity contribution is 5.87. The van der Waals surface area contributed by atoms with E-state index in [9.17, 15) is 4.79 Å². The van der Waals surface area contributed by atoms with Crippen LogP contribution >= 0.6 is 0 Å². The molecule has 0 saturated heterocycles. The molecule has 1 N–H and O–H groups in total. The fourth-order valence-corrected chi connectivity index (χ4v) is 1.28. The molecule has 20 heavy (non-hydrogen) atoms. The molecule has 0 aromatic heterocycles. The van der Waals surface area contributed by atoms with Gasteiger partial charge in [0, 0.05) is 25.5 Å². The van der Waals surface area contributed by atoms with Gasteiger partial charge in [0.1, 0.15) is 11.5 Å². The highest BCUT2D eigenvalue weighted by atomic mass is 16.5.